The fourth-order valence-electron chi connectivity index (χ4n) is 5.22. The van der Waals surface area contributed by atoms with Crippen molar-refractivity contribution in [3.8, 4) is 6.01 Å². The van der Waals surface area contributed by atoms with Gasteiger partial charge in [-0.25, -0.2) is 4.98 Å². The highest BCUT2D eigenvalue weighted by Gasteiger charge is 2.32. The maximum Gasteiger partial charge on any atom is 0.322 e. The lowest BCUT2D eigenvalue weighted by atomic mass is 9.99. The van der Waals surface area contributed by atoms with Gasteiger partial charge in [0.2, 0.25) is 11.9 Å². The first-order valence-electron chi connectivity index (χ1n) is 13.6. The smallest absolute Gasteiger partial charge is 0.322 e. The van der Waals surface area contributed by atoms with E-state index in [4.69, 9.17) is 19.7 Å². The lowest BCUT2D eigenvalue weighted by Gasteiger charge is -2.37. The third kappa shape index (κ3) is 5.06. The average molecular weight is 530 g/mol. The monoisotopic (exact) mass is 529 g/mol. The van der Waals surface area contributed by atoms with Gasteiger partial charge in [0.15, 0.2) is 5.65 Å². The molecule has 1 amide bonds. The molecule has 2 aliphatic rings. The summed E-state index contributed by atoms with van der Waals surface area (Å²) >= 11 is 0. The molecule has 204 valence electrons. The predicted octanol–water partition coefficient (Wildman–Crippen LogP) is 3.32. The summed E-state index contributed by atoms with van der Waals surface area (Å²) in [6, 6.07) is 6.57. The number of imidazole rings is 1. The Hall–Kier alpha value is -3.99. The van der Waals surface area contributed by atoms with Crippen LogP contribution in [0.3, 0.4) is 0 Å². The molecule has 0 bridgehead atoms. The van der Waals surface area contributed by atoms with E-state index in [2.05, 4.69) is 59.9 Å². The SMILES string of the molecule is C=CC(=O)N1CC(c2nc3ccc(CNc4nc(OC5CCN(C)CC5)nc5c(C(C)C)cnn45)cc3[nH]2)C1. The maximum atomic E-state index is 11.8. The molecule has 0 atom stereocenters. The topological polar surface area (TPSA) is 117 Å². The van der Waals surface area contributed by atoms with Gasteiger partial charge in [-0.2, -0.15) is 19.6 Å². The van der Waals surface area contributed by atoms with Crippen molar-refractivity contribution in [2.75, 3.05) is 38.5 Å². The largest absolute Gasteiger partial charge is 0.460 e. The molecule has 39 heavy (non-hydrogen) atoms. The van der Waals surface area contributed by atoms with Crippen molar-refractivity contribution in [3.05, 3.63) is 54.0 Å². The summed E-state index contributed by atoms with van der Waals surface area (Å²) in [4.78, 5) is 33.5. The van der Waals surface area contributed by atoms with Crippen LogP contribution < -0.4 is 10.1 Å². The van der Waals surface area contributed by atoms with Crippen molar-refractivity contribution < 1.29 is 9.53 Å². The number of ether oxygens (including phenoxy) is 1. The number of amides is 1. The predicted molar refractivity (Wildman–Crippen MR) is 149 cm³/mol. The first kappa shape index (κ1) is 25.3. The van der Waals surface area contributed by atoms with E-state index in [1.807, 2.05) is 12.3 Å². The molecule has 0 aliphatic carbocycles. The molecule has 2 N–H and O–H groups in total. The summed E-state index contributed by atoms with van der Waals surface area (Å²) in [5.74, 6) is 1.97. The highest BCUT2D eigenvalue weighted by atomic mass is 16.5. The standard InChI is InChI=1S/C28H35N9O2/c1-5-24(38)36-15-19(16-36)25-31-22-7-6-18(12-23(22)32-25)13-29-27-34-28(39-20-8-10-35(4)11-9-20)33-26-21(17(2)3)14-30-37(26)27/h5-7,12,14,17,19-20H,1,8-11,13,15-16H2,2-4H3,(H,31,32)(H,29,33,34). The van der Waals surface area contributed by atoms with Crippen LogP contribution in [-0.2, 0) is 11.3 Å². The van der Waals surface area contributed by atoms with Gasteiger partial charge in [-0.3, -0.25) is 4.79 Å². The number of H-pyrrole nitrogens is 1. The Morgan fingerprint density at radius 2 is 2.03 bits per heavy atom. The minimum Gasteiger partial charge on any atom is -0.460 e. The Balaban J connectivity index is 1.20. The van der Waals surface area contributed by atoms with Gasteiger partial charge in [0, 0.05) is 38.3 Å². The van der Waals surface area contributed by atoms with Crippen LogP contribution in [0, 0.1) is 0 Å². The van der Waals surface area contributed by atoms with Crippen LogP contribution in [0.4, 0.5) is 5.95 Å². The fraction of sp³-hybridized carbons (Fsp3) is 0.464. The van der Waals surface area contributed by atoms with Crippen molar-refractivity contribution in [2.24, 2.45) is 0 Å². The Morgan fingerprint density at radius 3 is 2.77 bits per heavy atom. The van der Waals surface area contributed by atoms with E-state index >= 15 is 0 Å². The first-order chi connectivity index (χ1) is 18.9. The van der Waals surface area contributed by atoms with Crippen LogP contribution in [-0.4, -0.2) is 84.6 Å². The summed E-state index contributed by atoms with van der Waals surface area (Å²) in [5, 5.41) is 8.04. The molecule has 0 radical (unpaired) electrons. The molecule has 0 saturated carbocycles. The van der Waals surface area contributed by atoms with Crippen LogP contribution in [0.15, 0.2) is 37.1 Å². The minimum atomic E-state index is -0.0350. The number of likely N-dealkylation sites (tertiary alicyclic amines) is 2. The van der Waals surface area contributed by atoms with E-state index in [-0.39, 0.29) is 23.8 Å². The van der Waals surface area contributed by atoms with Gasteiger partial charge in [-0.1, -0.05) is 26.5 Å². The number of aromatic amines is 1. The Bertz CT molecular complexity index is 1510. The third-order valence-corrected chi connectivity index (χ3v) is 7.70. The highest BCUT2D eigenvalue weighted by Crippen LogP contribution is 2.28. The van der Waals surface area contributed by atoms with E-state index in [9.17, 15) is 4.79 Å². The zero-order valence-corrected chi connectivity index (χ0v) is 22.7. The van der Waals surface area contributed by atoms with Crippen molar-refractivity contribution in [1.29, 1.82) is 0 Å². The Labute approximate surface area is 227 Å². The number of piperidine rings is 1. The number of fused-ring (bicyclic) bond motifs is 2. The molecule has 6 rings (SSSR count). The number of hydrogen-bond acceptors (Lipinski definition) is 8. The number of nitrogens with zero attached hydrogens (tertiary/aromatic N) is 7. The van der Waals surface area contributed by atoms with E-state index in [1.54, 1.807) is 9.42 Å². The van der Waals surface area contributed by atoms with E-state index in [0.717, 1.165) is 59.6 Å². The first-order valence-corrected chi connectivity index (χ1v) is 13.6. The van der Waals surface area contributed by atoms with E-state index in [0.29, 0.717) is 31.6 Å². The number of nitrogens with one attached hydrogen (secondary N) is 2. The van der Waals surface area contributed by atoms with Gasteiger partial charge in [-0.05, 0) is 49.6 Å². The second-order valence-electron chi connectivity index (χ2n) is 10.9. The maximum absolute atomic E-state index is 11.8. The molecule has 0 spiro atoms. The molecular formula is C28H35N9O2. The summed E-state index contributed by atoms with van der Waals surface area (Å²) in [6.07, 6.45) is 5.24. The number of hydrogen-bond donors (Lipinski definition) is 2. The van der Waals surface area contributed by atoms with E-state index < -0.39 is 0 Å². The zero-order chi connectivity index (χ0) is 27.1. The third-order valence-electron chi connectivity index (χ3n) is 7.70. The summed E-state index contributed by atoms with van der Waals surface area (Å²) < 4.78 is 8.02. The summed E-state index contributed by atoms with van der Waals surface area (Å²) in [5.41, 5.74) is 4.79. The van der Waals surface area contributed by atoms with Gasteiger partial charge >= 0.3 is 6.01 Å². The quantitative estimate of drug-likeness (QED) is 0.334. The van der Waals surface area contributed by atoms with Crippen LogP contribution in [0.5, 0.6) is 6.01 Å². The lowest BCUT2D eigenvalue weighted by molar-refractivity contribution is -0.130. The number of aromatic nitrogens is 6. The van der Waals surface area contributed by atoms with Gasteiger partial charge < -0.3 is 24.8 Å². The van der Waals surface area contributed by atoms with Gasteiger partial charge in [0.25, 0.3) is 0 Å². The van der Waals surface area contributed by atoms with Gasteiger partial charge in [0.1, 0.15) is 11.9 Å². The summed E-state index contributed by atoms with van der Waals surface area (Å²) in [7, 11) is 2.14. The molecule has 1 aromatic carbocycles. The number of rotatable bonds is 8. The van der Waals surface area contributed by atoms with Gasteiger partial charge in [-0.15, -0.1) is 0 Å². The van der Waals surface area contributed by atoms with Crippen molar-refractivity contribution in [2.45, 2.75) is 51.2 Å². The minimum absolute atomic E-state index is 0.0350. The molecule has 0 unspecified atom stereocenters. The van der Waals surface area contributed by atoms with Crippen molar-refractivity contribution in [1.82, 2.24) is 39.3 Å². The molecule has 2 saturated heterocycles. The summed E-state index contributed by atoms with van der Waals surface area (Å²) in [6.45, 7) is 11.7. The second kappa shape index (κ2) is 10.3. The van der Waals surface area contributed by atoms with Crippen LogP contribution >= 0.6 is 0 Å². The number of benzene rings is 1. The molecule has 2 aliphatic heterocycles. The molecule has 11 nitrogen and oxygen atoms in total. The van der Waals surface area contributed by atoms with Crippen LogP contribution in [0.25, 0.3) is 16.7 Å². The molecule has 2 fully saturated rings. The molecule has 11 heteroatoms. The normalized spacial score (nSPS) is 17.2. The lowest BCUT2D eigenvalue weighted by Crippen LogP contribution is -2.48. The number of carbonyl (C=O) groups excluding carboxylic acids is 1. The van der Waals surface area contributed by atoms with Gasteiger partial charge in [0.05, 0.1) is 23.1 Å². The molecule has 3 aromatic heterocycles. The van der Waals surface area contributed by atoms with E-state index in [1.165, 1.54) is 6.08 Å². The van der Waals surface area contributed by atoms with Crippen LogP contribution in [0.2, 0.25) is 0 Å². The molecule has 5 heterocycles. The molecular weight excluding hydrogens is 494 g/mol. The van der Waals surface area contributed by atoms with Crippen LogP contribution in [0.1, 0.15) is 55.5 Å². The fourth-order valence-corrected chi connectivity index (χ4v) is 5.22. The Morgan fingerprint density at radius 1 is 1.23 bits per heavy atom. The average Bonchev–Trinajstić information content (AvgIpc) is 3.51. The number of anilines is 1. The number of carbonyl (C=O) groups is 1. The zero-order valence-electron chi connectivity index (χ0n) is 22.7. The highest BCUT2D eigenvalue weighted by molar-refractivity contribution is 5.87. The van der Waals surface area contributed by atoms with Crippen molar-refractivity contribution >= 4 is 28.5 Å². The Kier molecular flexibility index (Phi) is 6.68. The second-order valence-corrected chi connectivity index (χ2v) is 10.9. The molecule has 4 aromatic rings. The van der Waals surface area contributed by atoms with Crippen molar-refractivity contribution in [3.63, 3.8) is 0 Å².